The van der Waals surface area contributed by atoms with Crippen LogP contribution in [0.4, 0.5) is 4.39 Å². The molecule has 0 unspecified atom stereocenters. The monoisotopic (exact) mass is 285 g/mol. The predicted molar refractivity (Wildman–Crippen MR) is 75.6 cm³/mol. The molecule has 0 bridgehead atoms. The fourth-order valence-electron chi connectivity index (χ4n) is 2.22. The summed E-state index contributed by atoms with van der Waals surface area (Å²) in [5, 5.41) is 14.0. The Morgan fingerprint density at radius 3 is 2.67 bits per heavy atom. The van der Waals surface area contributed by atoms with Crippen molar-refractivity contribution >= 4 is 17.0 Å². The number of fused-ring (bicyclic) bond motifs is 1. The van der Waals surface area contributed by atoms with Crippen molar-refractivity contribution in [2.45, 2.75) is 13.5 Å². The zero-order valence-corrected chi connectivity index (χ0v) is 11.2. The Hall–Kier alpha value is -2.76. The van der Waals surface area contributed by atoms with E-state index >= 15 is 0 Å². The van der Waals surface area contributed by atoms with E-state index in [0.29, 0.717) is 28.8 Å². The van der Waals surface area contributed by atoms with Crippen LogP contribution in [0.1, 0.15) is 17.3 Å². The van der Waals surface area contributed by atoms with Crippen molar-refractivity contribution in [1.29, 1.82) is 0 Å². The first-order valence-corrected chi connectivity index (χ1v) is 6.46. The lowest BCUT2D eigenvalue weighted by atomic mass is 10.1. The first-order chi connectivity index (χ1) is 10.1. The maximum atomic E-state index is 13.0. The van der Waals surface area contributed by atoms with Gasteiger partial charge in [0.25, 0.3) is 0 Å². The van der Waals surface area contributed by atoms with Crippen molar-refractivity contribution in [3.63, 3.8) is 0 Å². The van der Waals surface area contributed by atoms with Gasteiger partial charge in [0.05, 0.1) is 22.8 Å². The number of carboxylic acids is 1. The second-order valence-electron chi connectivity index (χ2n) is 4.56. The summed E-state index contributed by atoms with van der Waals surface area (Å²) in [5.74, 6) is -1.39. The van der Waals surface area contributed by atoms with Gasteiger partial charge in [-0.05, 0) is 37.3 Å². The number of aryl methyl sites for hydroxylation is 1. The number of hydrogen-bond donors (Lipinski definition) is 1. The van der Waals surface area contributed by atoms with Gasteiger partial charge in [-0.1, -0.05) is 0 Å². The summed E-state index contributed by atoms with van der Waals surface area (Å²) in [6.45, 7) is 2.49. The SMILES string of the molecule is CCn1ncc2c(C(=O)O)cc(-c3ccc(F)cc3)nc21. The van der Waals surface area contributed by atoms with Crippen LogP contribution in [-0.4, -0.2) is 25.8 Å². The lowest BCUT2D eigenvalue weighted by molar-refractivity contribution is 0.0699. The third-order valence-electron chi connectivity index (χ3n) is 3.28. The summed E-state index contributed by atoms with van der Waals surface area (Å²) >= 11 is 0. The minimum atomic E-state index is -1.04. The van der Waals surface area contributed by atoms with E-state index in [2.05, 4.69) is 10.1 Å². The Labute approximate surface area is 119 Å². The molecule has 0 aliphatic rings. The maximum Gasteiger partial charge on any atom is 0.336 e. The third-order valence-corrected chi connectivity index (χ3v) is 3.28. The van der Waals surface area contributed by atoms with Gasteiger partial charge in [-0.2, -0.15) is 5.10 Å². The average molecular weight is 285 g/mol. The summed E-state index contributed by atoms with van der Waals surface area (Å²) < 4.78 is 14.6. The van der Waals surface area contributed by atoms with Gasteiger partial charge in [-0.15, -0.1) is 0 Å². The van der Waals surface area contributed by atoms with Crippen molar-refractivity contribution < 1.29 is 14.3 Å². The molecule has 0 fully saturated rings. The van der Waals surface area contributed by atoms with Crippen LogP contribution in [-0.2, 0) is 6.54 Å². The normalized spacial score (nSPS) is 11.0. The molecular weight excluding hydrogens is 273 g/mol. The lowest BCUT2D eigenvalue weighted by Gasteiger charge is -2.06. The van der Waals surface area contributed by atoms with Crippen LogP contribution in [0.25, 0.3) is 22.3 Å². The summed E-state index contributed by atoms with van der Waals surface area (Å²) in [7, 11) is 0. The molecule has 1 N–H and O–H groups in total. The number of carboxylic acid groups (broad SMARTS) is 1. The lowest BCUT2D eigenvalue weighted by Crippen LogP contribution is -2.02. The van der Waals surface area contributed by atoms with Crippen LogP contribution < -0.4 is 0 Å². The highest BCUT2D eigenvalue weighted by Gasteiger charge is 2.16. The van der Waals surface area contributed by atoms with Gasteiger partial charge in [-0.3, -0.25) is 0 Å². The standard InChI is InChI=1S/C15H12FN3O2/c1-2-19-14-12(8-17-19)11(15(20)21)7-13(18-14)9-3-5-10(16)6-4-9/h3-8H,2H2,1H3,(H,20,21). The molecule has 0 amide bonds. The Balaban J connectivity index is 2.28. The number of aromatic carboxylic acids is 1. The molecule has 21 heavy (non-hydrogen) atoms. The van der Waals surface area contributed by atoms with Gasteiger partial charge in [0, 0.05) is 12.1 Å². The number of pyridine rings is 1. The third kappa shape index (κ3) is 2.24. The van der Waals surface area contributed by atoms with E-state index < -0.39 is 5.97 Å². The van der Waals surface area contributed by atoms with Crippen molar-refractivity contribution in [1.82, 2.24) is 14.8 Å². The minimum absolute atomic E-state index is 0.138. The summed E-state index contributed by atoms with van der Waals surface area (Å²) in [6, 6.07) is 7.26. The molecule has 3 rings (SSSR count). The smallest absolute Gasteiger partial charge is 0.336 e. The summed E-state index contributed by atoms with van der Waals surface area (Å²) in [4.78, 5) is 15.9. The summed E-state index contributed by atoms with van der Waals surface area (Å²) in [6.07, 6.45) is 1.50. The Morgan fingerprint density at radius 2 is 2.05 bits per heavy atom. The highest BCUT2D eigenvalue weighted by molar-refractivity contribution is 6.02. The number of nitrogens with zero attached hydrogens (tertiary/aromatic N) is 3. The Bertz CT molecular complexity index is 825. The van der Waals surface area contributed by atoms with Crippen LogP contribution in [0.15, 0.2) is 36.5 Å². The number of aromatic nitrogens is 3. The maximum absolute atomic E-state index is 13.0. The zero-order valence-electron chi connectivity index (χ0n) is 11.2. The van der Waals surface area contributed by atoms with Crippen molar-refractivity contribution in [3.8, 4) is 11.3 Å². The Morgan fingerprint density at radius 1 is 1.33 bits per heavy atom. The minimum Gasteiger partial charge on any atom is -0.478 e. The van der Waals surface area contributed by atoms with E-state index in [9.17, 15) is 14.3 Å². The highest BCUT2D eigenvalue weighted by atomic mass is 19.1. The van der Waals surface area contributed by atoms with Gasteiger partial charge in [-0.25, -0.2) is 18.9 Å². The molecule has 3 aromatic rings. The fourth-order valence-corrected chi connectivity index (χ4v) is 2.22. The van der Waals surface area contributed by atoms with Gasteiger partial charge in [0.15, 0.2) is 5.65 Å². The van der Waals surface area contributed by atoms with Gasteiger partial charge in [0.2, 0.25) is 0 Å². The molecule has 0 radical (unpaired) electrons. The zero-order chi connectivity index (χ0) is 15.0. The molecule has 5 nitrogen and oxygen atoms in total. The second-order valence-corrected chi connectivity index (χ2v) is 4.56. The van der Waals surface area contributed by atoms with Crippen LogP contribution >= 0.6 is 0 Å². The number of hydrogen-bond acceptors (Lipinski definition) is 3. The van der Waals surface area contributed by atoms with Crippen molar-refractivity contribution in [2.24, 2.45) is 0 Å². The molecule has 106 valence electrons. The van der Waals surface area contributed by atoms with E-state index in [1.54, 1.807) is 16.8 Å². The molecular formula is C15H12FN3O2. The van der Waals surface area contributed by atoms with E-state index in [1.807, 2.05) is 6.92 Å². The molecule has 1 aromatic carbocycles. The molecule has 0 saturated heterocycles. The number of rotatable bonds is 3. The average Bonchev–Trinajstić information content (AvgIpc) is 2.89. The first-order valence-electron chi connectivity index (χ1n) is 6.46. The van der Waals surface area contributed by atoms with E-state index in [0.717, 1.165) is 0 Å². The van der Waals surface area contributed by atoms with Crippen LogP contribution in [0.2, 0.25) is 0 Å². The topological polar surface area (TPSA) is 68.0 Å². The molecule has 6 heteroatoms. The highest BCUT2D eigenvalue weighted by Crippen LogP contribution is 2.25. The van der Waals surface area contributed by atoms with Crippen molar-refractivity contribution in [3.05, 3.63) is 47.9 Å². The summed E-state index contributed by atoms with van der Waals surface area (Å²) in [5.41, 5.74) is 1.79. The molecule has 0 saturated carbocycles. The molecule has 2 aromatic heterocycles. The molecule has 2 heterocycles. The van der Waals surface area contributed by atoms with Crippen LogP contribution in [0.3, 0.4) is 0 Å². The fraction of sp³-hybridized carbons (Fsp3) is 0.133. The van der Waals surface area contributed by atoms with E-state index in [-0.39, 0.29) is 11.4 Å². The van der Waals surface area contributed by atoms with Gasteiger partial charge >= 0.3 is 5.97 Å². The molecule has 0 spiro atoms. The van der Waals surface area contributed by atoms with E-state index in [4.69, 9.17) is 0 Å². The number of carbonyl (C=O) groups is 1. The molecule has 0 atom stereocenters. The van der Waals surface area contributed by atoms with Gasteiger partial charge < -0.3 is 5.11 Å². The first kappa shape index (κ1) is 13.2. The van der Waals surface area contributed by atoms with Crippen molar-refractivity contribution in [2.75, 3.05) is 0 Å². The number of halogens is 1. The van der Waals surface area contributed by atoms with Crippen LogP contribution in [0, 0.1) is 5.82 Å². The Kier molecular flexibility index (Phi) is 3.13. The molecule has 0 aliphatic carbocycles. The van der Waals surface area contributed by atoms with Crippen LogP contribution in [0.5, 0.6) is 0 Å². The largest absolute Gasteiger partial charge is 0.478 e. The second kappa shape index (κ2) is 4.97. The van der Waals surface area contributed by atoms with E-state index in [1.165, 1.54) is 24.4 Å². The van der Waals surface area contributed by atoms with Gasteiger partial charge in [0.1, 0.15) is 5.82 Å². The number of benzene rings is 1. The molecule has 0 aliphatic heterocycles. The quantitative estimate of drug-likeness (QED) is 0.803. The predicted octanol–water partition coefficient (Wildman–Crippen LogP) is 2.96.